The molecule has 0 aliphatic carbocycles. The number of phosphoric ester groups is 1. The van der Waals surface area contributed by atoms with Gasteiger partial charge in [-0.05, 0) is 49.3 Å². The number of aromatic nitrogens is 3. The van der Waals surface area contributed by atoms with Crippen molar-refractivity contribution in [1.29, 1.82) is 0 Å². The predicted molar refractivity (Wildman–Crippen MR) is 164 cm³/mol. The first kappa shape index (κ1) is 31.8. The van der Waals surface area contributed by atoms with Crippen LogP contribution in [0.1, 0.15) is 49.6 Å². The van der Waals surface area contributed by atoms with Crippen molar-refractivity contribution in [2.75, 3.05) is 25.5 Å². The second kappa shape index (κ2) is 14.4. The number of amides is 1. The van der Waals surface area contributed by atoms with Gasteiger partial charge in [0.25, 0.3) is 5.91 Å². The van der Waals surface area contributed by atoms with E-state index in [4.69, 9.17) is 21.9 Å². The van der Waals surface area contributed by atoms with Crippen molar-refractivity contribution in [2.24, 2.45) is 0 Å². The number of imidazole rings is 1. The standard InChI is InChI=1S/C30H36N5O7P/c1-3-5-12-25-34-27-28(35(25)19-21-10-6-11-24(29(21)37)42-43(38,39)40)22-14-13-20(18-23(22)33-30(27)31)9-7-16-41-17-8-15-32-26(36)4-2/h2,6,10-11,13-14,18,37H,3,5,7-9,12,15-17,19H2,1H3,(H2,31,33)(H,32,36)(H2,38,39,40). The van der Waals surface area contributed by atoms with Crippen LogP contribution < -0.4 is 15.6 Å². The third-order valence-electron chi connectivity index (χ3n) is 6.87. The number of aryl methyl sites for hydroxylation is 2. The second-order valence-electron chi connectivity index (χ2n) is 10.1. The van der Waals surface area contributed by atoms with Crippen LogP contribution in [0.4, 0.5) is 5.82 Å². The summed E-state index contributed by atoms with van der Waals surface area (Å²) < 4.78 is 23.7. The number of terminal acetylenes is 1. The first-order chi connectivity index (χ1) is 20.6. The molecule has 12 nitrogen and oxygen atoms in total. The Kier molecular flexibility index (Phi) is 10.6. The normalized spacial score (nSPS) is 11.6. The number of nitrogens with one attached hydrogen (secondary N) is 1. The molecule has 4 rings (SSSR count). The van der Waals surface area contributed by atoms with Gasteiger partial charge in [0.1, 0.15) is 11.3 Å². The average molecular weight is 610 g/mol. The second-order valence-corrected chi connectivity index (χ2v) is 11.2. The molecular formula is C30H36N5O7P. The highest BCUT2D eigenvalue weighted by molar-refractivity contribution is 7.46. The number of benzene rings is 2. The number of nitrogen functional groups attached to an aromatic ring is 1. The Balaban J connectivity index is 1.58. The van der Waals surface area contributed by atoms with Crippen LogP contribution in [-0.4, -0.2) is 55.1 Å². The molecule has 0 fully saturated rings. The van der Waals surface area contributed by atoms with Gasteiger partial charge in [-0.25, -0.2) is 14.5 Å². The first-order valence-corrected chi connectivity index (χ1v) is 15.6. The molecular weight excluding hydrogens is 573 g/mol. The van der Waals surface area contributed by atoms with Crippen molar-refractivity contribution < 1.29 is 33.5 Å². The topological polar surface area (TPSA) is 182 Å². The largest absolute Gasteiger partial charge is 0.524 e. The van der Waals surface area contributed by atoms with E-state index >= 15 is 0 Å². The van der Waals surface area contributed by atoms with Gasteiger partial charge in [-0.15, -0.1) is 6.42 Å². The molecule has 0 aliphatic heterocycles. The number of nitrogens with two attached hydrogens (primary N) is 1. The summed E-state index contributed by atoms with van der Waals surface area (Å²) in [5.74, 6) is 1.97. The number of hydrogen-bond donors (Lipinski definition) is 5. The molecule has 0 saturated heterocycles. The molecule has 43 heavy (non-hydrogen) atoms. The summed E-state index contributed by atoms with van der Waals surface area (Å²) in [6.45, 7) is 3.81. The number of hydrogen-bond acceptors (Lipinski definition) is 8. The number of rotatable bonds is 15. The highest BCUT2D eigenvalue weighted by atomic mass is 31.2. The fourth-order valence-electron chi connectivity index (χ4n) is 4.83. The molecule has 2 aromatic carbocycles. The quantitative estimate of drug-likeness (QED) is 0.0755. The third kappa shape index (κ3) is 8.24. The molecule has 0 aliphatic rings. The lowest BCUT2D eigenvalue weighted by Gasteiger charge is -2.15. The Morgan fingerprint density at radius 1 is 1.14 bits per heavy atom. The minimum Gasteiger partial charge on any atom is -0.504 e. The van der Waals surface area contributed by atoms with E-state index in [-0.39, 0.29) is 18.0 Å². The van der Waals surface area contributed by atoms with Crippen molar-refractivity contribution in [3.63, 3.8) is 0 Å². The Hall–Kier alpha value is -4.14. The number of fused-ring (bicyclic) bond motifs is 3. The van der Waals surface area contributed by atoms with Crippen LogP contribution in [0.5, 0.6) is 11.5 Å². The number of unbranched alkanes of at least 4 members (excludes halogenated alkanes) is 1. The molecule has 13 heteroatoms. The Morgan fingerprint density at radius 2 is 1.93 bits per heavy atom. The number of phenolic OH excluding ortho intramolecular Hbond substituents is 1. The average Bonchev–Trinajstić information content (AvgIpc) is 3.33. The van der Waals surface area contributed by atoms with Crippen molar-refractivity contribution >= 4 is 41.5 Å². The van der Waals surface area contributed by atoms with Gasteiger partial charge >= 0.3 is 7.82 Å². The zero-order valence-corrected chi connectivity index (χ0v) is 24.8. The molecule has 4 aromatic rings. The summed E-state index contributed by atoms with van der Waals surface area (Å²) in [7, 11) is -4.87. The number of carbonyl (C=O) groups is 1. The molecule has 0 radical (unpaired) electrons. The van der Waals surface area contributed by atoms with Crippen LogP contribution in [-0.2, 0) is 33.5 Å². The highest BCUT2D eigenvalue weighted by Crippen LogP contribution is 2.43. The third-order valence-corrected chi connectivity index (χ3v) is 7.30. The number of anilines is 1. The molecule has 0 spiro atoms. The lowest BCUT2D eigenvalue weighted by atomic mass is 10.1. The first-order valence-electron chi connectivity index (χ1n) is 14.1. The number of phenols is 1. The van der Waals surface area contributed by atoms with Gasteiger partial charge in [0, 0.05) is 37.1 Å². The van der Waals surface area contributed by atoms with Gasteiger partial charge in [-0.1, -0.05) is 37.6 Å². The predicted octanol–water partition coefficient (Wildman–Crippen LogP) is 3.82. The van der Waals surface area contributed by atoms with Crippen molar-refractivity contribution in [2.45, 2.75) is 52.0 Å². The van der Waals surface area contributed by atoms with Gasteiger partial charge in [0.2, 0.25) is 0 Å². The van der Waals surface area contributed by atoms with Gasteiger partial charge in [0.15, 0.2) is 17.3 Å². The Morgan fingerprint density at radius 3 is 2.67 bits per heavy atom. The number of carbonyl (C=O) groups excluding carboxylic acids is 1. The van der Waals surface area contributed by atoms with Crippen LogP contribution in [0, 0.1) is 12.3 Å². The van der Waals surface area contributed by atoms with E-state index in [0.29, 0.717) is 55.0 Å². The van der Waals surface area contributed by atoms with E-state index in [1.807, 2.05) is 28.7 Å². The lowest BCUT2D eigenvalue weighted by molar-refractivity contribution is -0.115. The van der Waals surface area contributed by atoms with E-state index in [9.17, 15) is 24.3 Å². The van der Waals surface area contributed by atoms with Crippen molar-refractivity contribution in [1.82, 2.24) is 19.9 Å². The van der Waals surface area contributed by atoms with Crippen molar-refractivity contribution in [3.05, 3.63) is 53.3 Å². The molecule has 6 N–H and O–H groups in total. The molecule has 1 amide bonds. The highest BCUT2D eigenvalue weighted by Gasteiger charge is 2.22. The Labute approximate surface area is 249 Å². The molecule has 0 bridgehead atoms. The van der Waals surface area contributed by atoms with Crippen molar-refractivity contribution in [3.8, 4) is 23.8 Å². The molecule has 0 saturated carbocycles. The molecule has 0 atom stereocenters. The maximum Gasteiger partial charge on any atom is 0.524 e. The number of aromatic hydroxyl groups is 1. The van der Waals surface area contributed by atoms with E-state index < -0.39 is 13.7 Å². The van der Waals surface area contributed by atoms with Crippen LogP contribution in [0.15, 0.2) is 36.4 Å². The fraction of sp³-hybridized carbons (Fsp3) is 0.367. The SMILES string of the molecule is C#CC(=O)NCCCOCCCc1ccc2c(c1)nc(N)c1nc(CCCC)n(Cc3cccc(OP(=O)(O)O)c3O)c12. The zero-order valence-electron chi connectivity index (χ0n) is 24.0. The molecule has 2 aromatic heterocycles. The van der Waals surface area contributed by atoms with Crippen LogP contribution in [0.25, 0.3) is 21.9 Å². The minimum atomic E-state index is -4.87. The van der Waals surface area contributed by atoms with Gasteiger partial charge in [-0.3, -0.25) is 14.6 Å². The summed E-state index contributed by atoms with van der Waals surface area (Å²) >= 11 is 0. The van der Waals surface area contributed by atoms with Gasteiger partial charge < -0.3 is 30.0 Å². The summed E-state index contributed by atoms with van der Waals surface area (Å²) in [5, 5.41) is 14.3. The minimum absolute atomic E-state index is 0.170. The van der Waals surface area contributed by atoms with Gasteiger partial charge in [0.05, 0.1) is 17.6 Å². The molecule has 2 heterocycles. The number of pyridine rings is 1. The van der Waals surface area contributed by atoms with E-state index in [1.165, 1.54) is 6.07 Å². The molecule has 0 unspecified atom stereocenters. The summed E-state index contributed by atoms with van der Waals surface area (Å²) in [6.07, 6.45) is 9.76. The number of ether oxygens (including phenoxy) is 1. The smallest absolute Gasteiger partial charge is 0.504 e. The zero-order chi connectivity index (χ0) is 31.0. The van der Waals surface area contributed by atoms with Crippen LogP contribution >= 0.6 is 7.82 Å². The number of para-hydroxylation sites is 1. The summed E-state index contributed by atoms with van der Waals surface area (Å²) in [5.41, 5.74) is 9.91. The monoisotopic (exact) mass is 609 g/mol. The summed E-state index contributed by atoms with van der Waals surface area (Å²) in [6, 6.07) is 10.5. The number of nitrogens with zero attached hydrogens (tertiary/aromatic N) is 3. The van der Waals surface area contributed by atoms with Crippen LogP contribution in [0.2, 0.25) is 0 Å². The van der Waals surface area contributed by atoms with E-state index in [1.54, 1.807) is 12.1 Å². The lowest BCUT2D eigenvalue weighted by Crippen LogP contribution is -2.23. The maximum absolute atomic E-state index is 11.4. The summed E-state index contributed by atoms with van der Waals surface area (Å²) in [4.78, 5) is 39.0. The van der Waals surface area contributed by atoms with Crippen LogP contribution in [0.3, 0.4) is 0 Å². The number of phosphoric acid groups is 1. The van der Waals surface area contributed by atoms with E-state index in [0.717, 1.165) is 48.0 Å². The van der Waals surface area contributed by atoms with E-state index in [2.05, 4.69) is 21.7 Å². The fourth-order valence-corrected chi connectivity index (χ4v) is 5.23. The molecule has 228 valence electrons. The Bertz CT molecular complexity index is 1690. The van der Waals surface area contributed by atoms with Gasteiger partial charge in [-0.2, -0.15) is 0 Å². The maximum atomic E-state index is 11.4.